The van der Waals surface area contributed by atoms with Gasteiger partial charge in [0.2, 0.25) is 0 Å². The predicted molar refractivity (Wildman–Crippen MR) is 44.7 cm³/mol. The second kappa shape index (κ2) is 5.69. The predicted octanol–water partition coefficient (Wildman–Crippen LogP) is 2.24. The summed E-state index contributed by atoms with van der Waals surface area (Å²) in [5.41, 5.74) is 0. The summed E-state index contributed by atoms with van der Waals surface area (Å²) >= 11 is 0. The lowest BCUT2D eigenvalue weighted by atomic mass is 10.1. The van der Waals surface area contributed by atoms with Crippen LogP contribution in [0.4, 0.5) is 0 Å². The van der Waals surface area contributed by atoms with Crippen molar-refractivity contribution in [1.82, 2.24) is 5.06 Å². The maximum Gasteiger partial charge on any atom is -0.0118 e. The van der Waals surface area contributed by atoms with Crippen LogP contribution in [0.15, 0.2) is 0 Å². The van der Waals surface area contributed by atoms with Gasteiger partial charge >= 0.3 is 0 Å². The first kappa shape index (κ1) is 9.92. The lowest BCUT2D eigenvalue weighted by Crippen LogP contribution is -2.22. The first-order valence-electron chi connectivity index (χ1n) is 4.12. The number of hydrogen-bond acceptors (Lipinski definition) is 2. The van der Waals surface area contributed by atoms with Gasteiger partial charge in [-0.1, -0.05) is 27.2 Å². The highest BCUT2D eigenvalue weighted by molar-refractivity contribution is 4.60. The Kier molecular flexibility index (Phi) is 5.64. The molecule has 0 saturated heterocycles. The highest BCUT2D eigenvalue weighted by atomic mass is 16.5. The van der Waals surface area contributed by atoms with Crippen molar-refractivity contribution >= 4 is 0 Å². The van der Waals surface area contributed by atoms with Gasteiger partial charge in [0.25, 0.3) is 0 Å². The third-order valence-corrected chi connectivity index (χ3v) is 1.65. The molecular formula is C8H18NO-. The molecule has 2 nitrogen and oxygen atoms in total. The second-order valence-corrected chi connectivity index (χ2v) is 2.87. The van der Waals surface area contributed by atoms with Gasteiger partial charge in [0, 0.05) is 0 Å². The smallest absolute Gasteiger partial charge is 0.0118 e. The van der Waals surface area contributed by atoms with Crippen molar-refractivity contribution in [3.05, 3.63) is 5.21 Å². The van der Waals surface area contributed by atoms with Crippen molar-refractivity contribution in [1.29, 1.82) is 0 Å². The van der Waals surface area contributed by atoms with Crippen LogP contribution >= 0.6 is 0 Å². The van der Waals surface area contributed by atoms with Gasteiger partial charge < -0.3 is 10.3 Å². The van der Waals surface area contributed by atoms with E-state index < -0.39 is 0 Å². The molecule has 0 amide bonds. The van der Waals surface area contributed by atoms with E-state index >= 15 is 0 Å². The number of hydroxylamine groups is 2. The van der Waals surface area contributed by atoms with Gasteiger partial charge in [-0.25, -0.2) is 0 Å². The van der Waals surface area contributed by atoms with Crippen LogP contribution in [0.3, 0.4) is 0 Å². The lowest BCUT2D eigenvalue weighted by Gasteiger charge is -2.29. The third-order valence-electron chi connectivity index (χ3n) is 1.65. The van der Waals surface area contributed by atoms with Gasteiger partial charge in [0.05, 0.1) is 0 Å². The first-order chi connectivity index (χ1) is 4.70. The van der Waals surface area contributed by atoms with Crippen LogP contribution in [-0.2, 0) is 0 Å². The van der Waals surface area contributed by atoms with Crippen LogP contribution < -0.4 is 0 Å². The number of nitrogens with zero attached hydrogens (tertiary/aromatic N) is 1. The Labute approximate surface area is 63.8 Å². The summed E-state index contributed by atoms with van der Waals surface area (Å²) < 4.78 is 0. The Morgan fingerprint density at radius 1 is 1.40 bits per heavy atom. The van der Waals surface area contributed by atoms with E-state index in [0.29, 0.717) is 19.0 Å². The van der Waals surface area contributed by atoms with E-state index in [1.807, 2.05) is 6.92 Å². The SMILES string of the molecule is CCC[C@@H](C)CN([O-])CC. The fourth-order valence-corrected chi connectivity index (χ4v) is 1.06. The standard InChI is InChI=1S/C8H18NO/c1-4-6-8(3)7-9(10)5-2/h8H,4-7H2,1-3H3/q-1/t8-/m1/s1. The highest BCUT2D eigenvalue weighted by Gasteiger charge is 1.99. The van der Waals surface area contributed by atoms with Crippen molar-refractivity contribution in [2.45, 2.75) is 33.6 Å². The largest absolute Gasteiger partial charge is 0.785 e. The zero-order valence-electron chi connectivity index (χ0n) is 7.26. The van der Waals surface area contributed by atoms with Crippen LogP contribution in [-0.4, -0.2) is 18.2 Å². The Bertz CT molecular complexity index is 75.7. The zero-order valence-corrected chi connectivity index (χ0v) is 7.26. The Balaban J connectivity index is 3.27. The van der Waals surface area contributed by atoms with Gasteiger partial charge in [-0.3, -0.25) is 0 Å². The molecule has 0 aromatic heterocycles. The Morgan fingerprint density at radius 2 is 2.00 bits per heavy atom. The fraction of sp³-hybridized carbons (Fsp3) is 1.00. The molecule has 0 heterocycles. The normalized spacial score (nSPS) is 14.1. The molecule has 62 valence electrons. The van der Waals surface area contributed by atoms with Crippen molar-refractivity contribution in [3.8, 4) is 0 Å². The van der Waals surface area contributed by atoms with Crippen molar-refractivity contribution in [2.24, 2.45) is 5.92 Å². The van der Waals surface area contributed by atoms with Crippen molar-refractivity contribution in [3.63, 3.8) is 0 Å². The molecule has 2 heteroatoms. The molecule has 10 heavy (non-hydrogen) atoms. The van der Waals surface area contributed by atoms with Gasteiger partial charge in [0.1, 0.15) is 0 Å². The minimum Gasteiger partial charge on any atom is -0.785 e. The van der Waals surface area contributed by atoms with Crippen LogP contribution in [0.5, 0.6) is 0 Å². The average Bonchev–Trinajstić information content (AvgIpc) is 1.88. The fourth-order valence-electron chi connectivity index (χ4n) is 1.06. The quantitative estimate of drug-likeness (QED) is 0.553. The molecule has 0 radical (unpaired) electrons. The monoisotopic (exact) mass is 144 g/mol. The van der Waals surface area contributed by atoms with Gasteiger partial charge in [-0.15, -0.1) is 0 Å². The van der Waals surface area contributed by atoms with Crippen molar-refractivity contribution in [2.75, 3.05) is 13.1 Å². The molecule has 0 spiro atoms. The molecule has 0 aliphatic carbocycles. The summed E-state index contributed by atoms with van der Waals surface area (Å²) in [5, 5.41) is 11.9. The second-order valence-electron chi connectivity index (χ2n) is 2.87. The van der Waals surface area contributed by atoms with Crippen LogP contribution in [0, 0.1) is 11.1 Å². The third kappa shape index (κ3) is 4.77. The van der Waals surface area contributed by atoms with E-state index in [4.69, 9.17) is 0 Å². The molecule has 0 bridgehead atoms. The molecule has 0 rings (SSSR count). The van der Waals surface area contributed by atoms with E-state index in [2.05, 4.69) is 13.8 Å². The molecule has 0 aliphatic heterocycles. The molecular weight excluding hydrogens is 126 g/mol. The summed E-state index contributed by atoms with van der Waals surface area (Å²) in [6, 6.07) is 0. The summed E-state index contributed by atoms with van der Waals surface area (Å²) in [6.45, 7) is 7.49. The zero-order chi connectivity index (χ0) is 7.98. The van der Waals surface area contributed by atoms with Crippen LogP contribution in [0.25, 0.3) is 0 Å². The highest BCUT2D eigenvalue weighted by Crippen LogP contribution is 2.05. The molecule has 0 aliphatic rings. The number of hydrogen-bond donors (Lipinski definition) is 0. The van der Waals surface area contributed by atoms with Gasteiger partial charge in [-0.2, -0.15) is 0 Å². The number of rotatable bonds is 5. The summed E-state index contributed by atoms with van der Waals surface area (Å²) in [6.07, 6.45) is 2.34. The van der Waals surface area contributed by atoms with Gasteiger partial charge in [-0.05, 0) is 25.4 Å². The molecule has 1 atom stereocenters. The molecule has 0 unspecified atom stereocenters. The summed E-state index contributed by atoms with van der Waals surface area (Å²) in [4.78, 5) is 0. The van der Waals surface area contributed by atoms with E-state index in [1.165, 1.54) is 12.8 Å². The topological polar surface area (TPSA) is 26.3 Å². The maximum atomic E-state index is 10.8. The van der Waals surface area contributed by atoms with Crippen LogP contribution in [0.1, 0.15) is 33.6 Å². The molecule has 0 saturated carbocycles. The van der Waals surface area contributed by atoms with Gasteiger partial charge in [0.15, 0.2) is 0 Å². The Hall–Kier alpha value is -0.0800. The molecule has 0 aromatic rings. The summed E-state index contributed by atoms with van der Waals surface area (Å²) in [7, 11) is 0. The minimum atomic E-state index is 0.558. The summed E-state index contributed by atoms with van der Waals surface area (Å²) in [5.74, 6) is 0.558. The average molecular weight is 144 g/mol. The minimum absolute atomic E-state index is 0.558. The van der Waals surface area contributed by atoms with Crippen molar-refractivity contribution < 1.29 is 0 Å². The van der Waals surface area contributed by atoms with E-state index in [9.17, 15) is 5.21 Å². The first-order valence-corrected chi connectivity index (χ1v) is 4.12. The lowest BCUT2D eigenvalue weighted by molar-refractivity contribution is 0.321. The maximum absolute atomic E-state index is 10.8. The van der Waals surface area contributed by atoms with E-state index in [-0.39, 0.29) is 0 Å². The molecule has 0 aromatic carbocycles. The molecule has 0 N–H and O–H groups in total. The van der Waals surface area contributed by atoms with E-state index in [0.717, 1.165) is 5.06 Å². The van der Waals surface area contributed by atoms with E-state index in [1.54, 1.807) is 0 Å². The Morgan fingerprint density at radius 3 is 2.40 bits per heavy atom. The molecule has 0 fully saturated rings. The van der Waals surface area contributed by atoms with Crippen LogP contribution in [0.2, 0.25) is 0 Å².